The van der Waals surface area contributed by atoms with Gasteiger partial charge in [0.15, 0.2) is 4.96 Å². The van der Waals surface area contributed by atoms with Crippen molar-refractivity contribution < 1.29 is 9.53 Å². The Morgan fingerprint density at radius 2 is 2.10 bits per heavy atom. The van der Waals surface area contributed by atoms with Crippen LogP contribution in [-0.4, -0.2) is 22.0 Å². The first-order valence-electron chi connectivity index (χ1n) is 6.87. The van der Waals surface area contributed by atoms with Gasteiger partial charge in [-0.1, -0.05) is 30.3 Å². The van der Waals surface area contributed by atoms with Crippen LogP contribution in [0.2, 0.25) is 0 Å². The summed E-state index contributed by atoms with van der Waals surface area (Å²) in [6.07, 6.45) is 0.277. The van der Waals surface area contributed by atoms with E-state index in [9.17, 15) is 4.79 Å². The molecule has 5 heteroatoms. The topological polar surface area (TPSA) is 43.6 Å². The van der Waals surface area contributed by atoms with Crippen molar-refractivity contribution in [2.45, 2.75) is 20.3 Å². The molecule has 2 heterocycles. The van der Waals surface area contributed by atoms with E-state index in [1.165, 1.54) is 0 Å². The van der Waals surface area contributed by atoms with E-state index in [1.807, 2.05) is 54.0 Å². The molecule has 0 spiro atoms. The lowest BCUT2D eigenvalue weighted by atomic mass is 10.1. The van der Waals surface area contributed by atoms with Gasteiger partial charge in [0.25, 0.3) is 0 Å². The Balaban J connectivity index is 2.02. The number of imidazole rings is 1. The number of ether oxygens (including phenoxy) is 1. The Hall–Kier alpha value is -2.14. The lowest BCUT2D eigenvalue weighted by Gasteiger charge is -2.03. The van der Waals surface area contributed by atoms with Crippen LogP contribution in [0.3, 0.4) is 0 Å². The summed E-state index contributed by atoms with van der Waals surface area (Å²) in [5, 5.41) is 1.97. The van der Waals surface area contributed by atoms with Crippen LogP contribution in [0.15, 0.2) is 35.7 Å². The number of rotatable bonds is 4. The number of aryl methyl sites for hydroxylation is 1. The van der Waals surface area contributed by atoms with Gasteiger partial charge in [0, 0.05) is 22.3 Å². The number of carbonyl (C=O) groups is 1. The molecule has 0 fully saturated rings. The zero-order valence-corrected chi connectivity index (χ0v) is 12.8. The van der Waals surface area contributed by atoms with Crippen molar-refractivity contribution in [1.29, 1.82) is 0 Å². The number of hydrogen-bond donors (Lipinski definition) is 0. The first kappa shape index (κ1) is 13.8. The second-order valence-corrected chi connectivity index (χ2v) is 5.58. The first-order valence-corrected chi connectivity index (χ1v) is 7.75. The van der Waals surface area contributed by atoms with E-state index in [4.69, 9.17) is 4.74 Å². The average Bonchev–Trinajstić information content (AvgIpc) is 3.02. The van der Waals surface area contributed by atoms with E-state index in [1.54, 1.807) is 11.3 Å². The number of aromatic nitrogens is 2. The molecule has 0 bridgehead atoms. The van der Waals surface area contributed by atoms with E-state index < -0.39 is 0 Å². The van der Waals surface area contributed by atoms with Crippen LogP contribution in [-0.2, 0) is 16.0 Å². The molecule has 0 amide bonds. The quantitative estimate of drug-likeness (QED) is 0.693. The summed E-state index contributed by atoms with van der Waals surface area (Å²) in [7, 11) is 0. The maximum absolute atomic E-state index is 11.7. The van der Waals surface area contributed by atoms with Crippen molar-refractivity contribution in [1.82, 2.24) is 9.38 Å². The minimum Gasteiger partial charge on any atom is -0.466 e. The van der Waals surface area contributed by atoms with Crippen molar-refractivity contribution in [2.24, 2.45) is 0 Å². The molecule has 0 aliphatic heterocycles. The van der Waals surface area contributed by atoms with Gasteiger partial charge in [-0.3, -0.25) is 9.20 Å². The molecular weight excluding hydrogens is 284 g/mol. The summed E-state index contributed by atoms with van der Waals surface area (Å²) in [6, 6.07) is 10.1. The highest BCUT2D eigenvalue weighted by atomic mass is 32.1. The lowest BCUT2D eigenvalue weighted by molar-refractivity contribution is -0.142. The third kappa shape index (κ3) is 2.56. The van der Waals surface area contributed by atoms with Crippen LogP contribution in [0.4, 0.5) is 0 Å². The van der Waals surface area contributed by atoms with Gasteiger partial charge in [-0.25, -0.2) is 4.98 Å². The Labute approximate surface area is 127 Å². The molecule has 108 valence electrons. The number of carbonyl (C=O) groups excluding carboxylic acids is 1. The minimum absolute atomic E-state index is 0.202. The van der Waals surface area contributed by atoms with Crippen LogP contribution < -0.4 is 0 Å². The lowest BCUT2D eigenvalue weighted by Crippen LogP contribution is -2.09. The third-order valence-electron chi connectivity index (χ3n) is 3.34. The predicted molar refractivity (Wildman–Crippen MR) is 83.6 cm³/mol. The van der Waals surface area contributed by atoms with Crippen molar-refractivity contribution in [2.75, 3.05) is 6.61 Å². The van der Waals surface area contributed by atoms with Crippen LogP contribution in [0.5, 0.6) is 0 Å². The molecule has 0 saturated carbocycles. The summed E-state index contributed by atoms with van der Waals surface area (Å²) in [5.74, 6) is -0.202. The summed E-state index contributed by atoms with van der Waals surface area (Å²) < 4.78 is 7.07. The molecule has 4 nitrogen and oxygen atoms in total. The van der Waals surface area contributed by atoms with E-state index in [-0.39, 0.29) is 12.4 Å². The summed E-state index contributed by atoms with van der Waals surface area (Å²) in [4.78, 5) is 17.3. The van der Waals surface area contributed by atoms with Crippen molar-refractivity contribution in [3.63, 3.8) is 0 Å². The Kier molecular flexibility index (Phi) is 3.75. The highest BCUT2D eigenvalue weighted by Gasteiger charge is 2.16. The van der Waals surface area contributed by atoms with Crippen LogP contribution in [0, 0.1) is 6.92 Å². The maximum Gasteiger partial charge on any atom is 0.311 e. The maximum atomic E-state index is 11.7. The van der Waals surface area contributed by atoms with Gasteiger partial charge < -0.3 is 4.74 Å². The summed E-state index contributed by atoms with van der Waals surface area (Å²) in [5.41, 5.74) is 4.04. The number of fused-ring (bicyclic) bond motifs is 1. The molecule has 3 aromatic rings. The predicted octanol–water partition coefficient (Wildman–Crippen LogP) is 3.48. The molecule has 0 unspecified atom stereocenters. The van der Waals surface area contributed by atoms with Crippen molar-refractivity contribution >= 4 is 22.3 Å². The van der Waals surface area contributed by atoms with Crippen molar-refractivity contribution in [3.05, 3.63) is 47.1 Å². The largest absolute Gasteiger partial charge is 0.466 e. The normalized spacial score (nSPS) is 11.0. The molecular formula is C16H16N2O2S. The molecule has 2 aromatic heterocycles. The fraction of sp³-hybridized carbons (Fsp3) is 0.250. The van der Waals surface area contributed by atoms with Gasteiger partial charge in [-0.2, -0.15) is 0 Å². The number of hydrogen-bond acceptors (Lipinski definition) is 4. The zero-order chi connectivity index (χ0) is 14.8. The smallest absolute Gasteiger partial charge is 0.311 e. The van der Waals surface area contributed by atoms with Crippen LogP contribution in [0.1, 0.15) is 18.3 Å². The highest BCUT2D eigenvalue weighted by Crippen LogP contribution is 2.28. The Morgan fingerprint density at radius 1 is 1.33 bits per heavy atom. The monoisotopic (exact) mass is 300 g/mol. The SMILES string of the molecule is CCOC(=O)Cc1csc2nc(-c3ccccc3)c(C)n12. The molecule has 0 N–H and O–H groups in total. The van der Waals surface area contributed by atoms with Crippen molar-refractivity contribution in [3.8, 4) is 11.3 Å². The fourth-order valence-corrected chi connectivity index (χ4v) is 3.35. The van der Waals surface area contributed by atoms with Gasteiger partial charge in [-0.15, -0.1) is 11.3 Å². The van der Waals surface area contributed by atoms with E-state index in [0.717, 1.165) is 27.6 Å². The van der Waals surface area contributed by atoms with Gasteiger partial charge in [-0.05, 0) is 13.8 Å². The Morgan fingerprint density at radius 3 is 2.81 bits per heavy atom. The van der Waals surface area contributed by atoms with Gasteiger partial charge in [0.1, 0.15) is 0 Å². The molecule has 1 aromatic carbocycles. The van der Waals surface area contributed by atoms with Gasteiger partial charge in [0.05, 0.1) is 18.7 Å². The second-order valence-electron chi connectivity index (χ2n) is 4.74. The molecule has 3 rings (SSSR count). The molecule has 0 saturated heterocycles. The zero-order valence-electron chi connectivity index (χ0n) is 12.0. The number of benzene rings is 1. The van der Waals surface area contributed by atoms with Crippen LogP contribution >= 0.6 is 11.3 Å². The van der Waals surface area contributed by atoms with Gasteiger partial charge in [0.2, 0.25) is 0 Å². The molecule has 21 heavy (non-hydrogen) atoms. The number of nitrogens with zero attached hydrogens (tertiary/aromatic N) is 2. The first-order chi connectivity index (χ1) is 10.2. The number of thiazole rings is 1. The molecule has 0 atom stereocenters. The minimum atomic E-state index is -0.202. The summed E-state index contributed by atoms with van der Waals surface area (Å²) in [6.45, 7) is 4.26. The summed E-state index contributed by atoms with van der Waals surface area (Å²) >= 11 is 1.55. The van der Waals surface area contributed by atoms with E-state index >= 15 is 0 Å². The van der Waals surface area contributed by atoms with Crippen LogP contribution in [0.25, 0.3) is 16.2 Å². The average molecular weight is 300 g/mol. The molecule has 0 radical (unpaired) electrons. The standard InChI is InChI=1S/C16H16N2O2S/c1-3-20-14(19)9-13-10-21-16-17-15(11(2)18(13)16)12-7-5-4-6-8-12/h4-8,10H,3,9H2,1-2H3. The highest BCUT2D eigenvalue weighted by molar-refractivity contribution is 7.15. The molecule has 0 aliphatic rings. The Bertz CT molecular complexity index is 774. The third-order valence-corrected chi connectivity index (χ3v) is 4.22. The van der Waals surface area contributed by atoms with E-state index in [2.05, 4.69) is 4.98 Å². The molecule has 0 aliphatic carbocycles. The fourth-order valence-electron chi connectivity index (χ4n) is 2.42. The number of esters is 1. The second kappa shape index (κ2) is 5.69. The van der Waals surface area contributed by atoms with E-state index in [0.29, 0.717) is 6.61 Å². The van der Waals surface area contributed by atoms with Gasteiger partial charge >= 0.3 is 5.97 Å².